The van der Waals surface area contributed by atoms with Crippen molar-refractivity contribution in [2.24, 2.45) is 5.92 Å². The van der Waals surface area contributed by atoms with Crippen LogP contribution in [-0.2, 0) is 0 Å². The Morgan fingerprint density at radius 2 is 2.00 bits per heavy atom. The molecular formula is C15H24FNO. The van der Waals surface area contributed by atoms with Crippen LogP contribution in [0.5, 0.6) is 5.75 Å². The first-order chi connectivity index (χ1) is 8.49. The van der Waals surface area contributed by atoms with Crippen LogP contribution in [0.3, 0.4) is 0 Å². The Morgan fingerprint density at radius 1 is 1.28 bits per heavy atom. The molecule has 1 aromatic carbocycles. The molecule has 0 saturated heterocycles. The minimum absolute atomic E-state index is 0.0410. The van der Waals surface area contributed by atoms with Crippen molar-refractivity contribution in [1.29, 1.82) is 0 Å². The van der Waals surface area contributed by atoms with E-state index in [4.69, 9.17) is 4.74 Å². The van der Waals surface area contributed by atoms with Crippen molar-refractivity contribution in [1.82, 2.24) is 5.32 Å². The molecule has 18 heavy (non-hydrogen) atoms. The third kappa shape index (κ3) is 5.50. The van der Waals surface area contributed by atoms with Gasteiger partial charge in [0, 0.05) is 12.6 Å². The lowest BCUT2D eigenvalue weighted by Crippen LogP contribution is -2.30. The molecule has 0 amide bonds. The lowest BCUT2D eigenvalue weighted by molar-refractivity contribution is 0.215. The standard InChI is InChI=1S/C15H24FNO/c1-11(2)7-8-17-10-13(4)18-14-6-5-12(3)15(16)9-14/h5-6,9,11,13,17H,7-8,10H2,1-4H3. The van der Waals surface area contributed by atoms with Crippen LogP contribution >= 0.6 is 0 Å². The molecule has 1 unspecified atom stereocenters. The number of aryl methyl sites for hydroxylation is 1. The van der Waals surface area contributed by atoms with Gasteiger partial charge < -0.3 is 10.1 Å². The molecule has 1 N–H and O–H groups in total. The summed E-state index contributed by atoms with van der Waals surface area (Å²) >= 11 is 0. The number of ether oxygens (including phenoxy) is 1. The zero-order valence-corrected chi connectivity index (χ0v) is 11.8. The molecule has 0 spiro atoms. The number of halogens is 1. The van der Waals surface area contributed by atoms with E-state index in [9.17, 15) is 4.39 Å². The van der Waals surface area contributed by atoms with Crippen molar-refractivity contribution in [3.8, 4) is 5.75 Å². The van der Waals surface area contributed by atoms with Crippen molar-refractivity contribution in [3.63, 3.8) is 0 Å². The van der Waals surface area contributed by atoms with Crippen molar-refractivity contribution < 1.29 is 9.13 Å². The summed E-state index contributed by atoms with van der Waals surface area (Å²) in [5, 5.41) is 3.34. The van der Waals surface area contributed by atoms with Crippen LogP contribution in [0.2, 0.25) is 0 Å². The summed E-state index contributed by atoms with van der Waals surface area (Å²) in [4.78, 5) is 0. The van der Waals surface area contributed by atoms with Crippen molar-refractivity contribution in [3.05, 3.63) is 29.6 Å². The van der Waals surface area contributed by atoms with E-state index in [1.54, 1.807) is 13.0 Å². The van der Waals surface area contributed by atoms with Crippen LogP contribution < -0.4 is 10.1 Å². The third-order valence-electron chi connectivity index (χ3n) is 2.81. The highest BCUT2D eigenvalue weighted by atomic mass is 19.1. The van der Waals surface area contributed by atoms with E-state index in [-0.39, 0.29) is 11.9 Å². The molecule has 0 fully saturated rings. The molecule has 0 radical (unpaired) electrons. The molecule has 0 heterocycles. The maximum atomic E-state index is 13.3. The summed E-state index contributed by atoms with van der Waals surface area (Å²) in [6.07, 6.45) is 1.20. The van der Waals surface area contributed by atoms with E-state index in [0.29, 0.717) is 17.2 Å². The van der Waals surface area contributed by atoms with E-state index in [2.05, 4.69) is 19.2 Å². The molecule has 0 saturated carbocycles. The van der Waals surface area contributed by atoms with Gasteiger partial charge in [0.25, 0.3) is 0 Å². The highest BCUT2D eigenvalue weighted by molar-refractivity contribution is 5.28. The monoisotopic (exact) mass is 253 g/mol. The number of benzene rings is 1. The van der Waals surface area contributed by atoms with Gasteiger partial charge >= 0.3 is 0 Å². The van der Waals surface area contributed by atoms with Crippen molar-refractivity contribution in [2.75, 3.05) is 13.1 Å². The number of rotatable bonds is 7. The molecule has 0 aliphatic carbocycles. The molecule has 0 aliphatic rings. The molecule has 1 rings (SSSR count). The maximum Gasteiger partial charge on any atom is 0.129 e. The second-order valence-corrected chi connectivity index (χ2v) is 5.23. The Kier molecular flexibility index (Phi) is 6.13. The van der Waals surface area contributed by atoms with Crippen molar-refractivity contribution in [2.45, 2.75) is 40.2 Å². The first kappa shape index (κ1) is 15.0. The molecule has 0 aliphatic heterocycles. The lowest BCUT2D eigenvalue weighted by atomic mass is 10.1. The topological polar surface area (TPSA) is 21.3 Å². The van der Waals surface area contributed by atoms with Gasteiger partial charge in [-0.3, -0.25) is 0 Å². The number of nitrogens with one attached hydrogen (secondary N) is 1. The highest BCUT2D eigenvalue weighted by Gasteiger charge is 2.06. The molecule has 1 atom stereocenters. The second-order valence-electron chi connectivity index (χ2n) is 5.23. The molecule has 3 heteroatoms. The average Bonchev–Trinajstić information content (AvgIpc) is 2.29. The first-order valence-corrected chi connectivity index (χ1v) is 6.62. The fourth-order valence-electron chi connectivity index (χ4n) is 1.62. The van der Waals surface area contributed by atoms with Crippen molar-refractivity contribution >= 4 is 0 Å². The Morgan fingerprint density at radius 3 is 2.61 bits per heavy atom. The van der Waals surface area contributed by atoms with Gasteiger partial charge in [0.2, 0.25) is 0 Å². The van der Waals surface area contributed by atoms with Gasteiger partial charge in [0.1, 0.15) is 17.7 Å². The smallest absolute Gasteiger partial charge is 0.129 e. The van der Waals surface area contributed by atoms with E-state index in [0.717, 1.165) is 19.5 Å². The normalized spacial score (nSPS) is 12.8. The molecule has 0 aromatic heterocycles. The SMILES string of the molecule is Cc1ccc(OC(C)CNCCC(C)C)cc1F. The predicted octanol–water partition coefficient (Wildman–Crippen LogP) is 3.54. The van der Waals surface area contributed by atoms with E-state index in [1.807, 2.05) is 13.0 Å². The van der Waals surface area contributed by atoms with Crippen LogP contribution in [0.1, 0.15) is 32.8 Å². The van der Waals surface area contributed by atoms with Crippen LogP contribution in [0, 0.1) is 18.7 Å². The summed E-state index contributed by atoms with van der Waals surface area (Å²) in [7, 11) is 0. The van der Waals surface area contributed by atoms with Gasteiger partial charge in [0.05, 0.1) is 0 Å². The summed E-state index contributed by atoms with van der Waals surface area (Å²) < 4.78 is 19.0. The minimum Gasteiger partial charge on any atom is -0.489 e. The Balaban J connectivity index is 2.31. The van der Waals surface area contributed by atoms with Crippen LogP contribution in [0.15, 0.2) is 18.2 Å². The Labute approximate surface area is 110 Å². The van der Waals surface area contributed by atoms with Crippen LogP contribution in [-0.4, -0.2) is 19.2 Å². The molecule has 1 aromatic rings. The number of hydrogen-bond donors (Lipinski definition) is 1. The van der Waals surface area contributed by atoms with E-state index < -0.39 is 0 Å². The zero-order chi connectivity index (χ0) is 13.5. The van der Waals surface area contributed by atoms with Crippen LogP contribution in [0.4, 0.5) is 4.39 Å². The Bertz CT molecular complexity index is 366. The summed E-state index contributed by atoms with van der Waals surface area (Å²) in [5.74, 6) is 1.09. The fourth-order valence-corrected chi connectivity index (χ4v) is 1.62. The maximum absolute atomic E-state index is 13.3. The van der Waals surface area contributed by atoms with Gasteiger partial charge in [-0.05, 0) is 44.4 Å². The zero-order valence-electron chi connectivity index (χ0n) is 11.8. The third-order valence-corrected chi connectivity index (χ3v) is 2.81. The van der Waals surface area contributed by atoms with E-state index >= 15 is 0 Å². The summed E-state index contributed by atoms with van der Waals surface area (Å²) in [6, 6.07) is 4.99. The Hall–Kier alpha value is -1.09. The minimum atomic E-state index is -0.215. The molecule has 102 valence electrons. The average molecular weight is 253 g/mol. The highest BCUT2D eigenvalue weighted by Crippen LogP contribution is 2.16. The largest absolute Gasteiger partial charge is 0.489 e. The molecule has 2 nitrogen and oxygen atoms in total. The second kappa shape index (κ2) is 7.37. The molecular weight excluding hydrogens is 229 g/mol. The summed E-state index contributed by atoms with van der Waals surface area (Å²) in [6.45, 7) is 9.92. The van der Waals surface area contributed by atoms with Gasteiger partial charge in [-0.15, -0.1) is 0 Å². The van der Waals surface area contributed by atoms with Crippen LogP contribution in [0.25, 0.3) is 0 Å². The molecule has 0 bridgehead atoms. The number of hydrogen-bond acceptors (Lipinski definition) is 2. The van der Waals surface area contributed by atoms with Gasteiger partial charge in [-0.25, -0.2) is 4.39 Å². The summed E-state index contributed by atoms with van der Waals surface area (Å²) in [5.41, 5.74) is 0.644. The quantitative estimate of drug-likeness (QED) is 0.750. The van der Waals surface area contributed by atoms with Gasteiger partial charge in [0.15, 0.2) is 0 Å². The fraction of sp³-hybridized carbons (Fsp3) is 0.600. The van der Waals surface area contributed by atoms with E-state index in [1.165, 1.54) is 6.07 Å². The lowest BCUT2D eigenvalue weighted by Gasteiger charge is -2.16. The van der Waals surface area contributed by atoms with Gasteiger partial charge in [-0.1, -0.05) is 19.9 Å². The first-order valence-electron chi connectivity index (χ1n) is 6.62. The van der Waals surface area contributed by atoms with Gasteiger partial charge in [-0.2, -0.15) is 0 Å². The predicted molar refractivity (Wildman–Crippen MR) is 73.6 cm³/mol.